The molecule has 4 heteroatoms. The minimum atomic E-state index is -0.970. The molecule has 0 radical (unpaired) electrons. The molecule has 0 aromatic carbocycles. The highest BCUT2D eigenvalue weighted by atomic mass is 16.4. The van der Waals surface area contributed by atoms with Crippen LogP contribution >= 0.6 is 0 Å². The van der Waals surface area contributed by atoms with Gasteiger partial charge in [0.15, 0.2) is 5.78 Å². The highest BCUT2D eigenvalue weighted by Gasteiger charge is 2.70. The Kier molecular flexibility index (Phi) is 5.20. The molecule has 190 valence electrons. The number of fused-ring (bicyclic) bond motifs is 7. The summed E-state index contributed by atoms with van der Waals surface area (Å²) in [5.74, 6) is 0.656. The SMILES string of the molecule is CC(C)C1=C2C3CCC4[C@@]5(C)CC[C@H](O)C(C)(C)C5CC[C@@]4(C)[C@]3(C)CC[C@@]2(C(=O)O)CC1=O. The number of hydrogen-bond donors (Lipinski definition) is 2. The number of carbonyl (C=O) groups is 2. The molecule has 4 fully saturated rings. The van der Waals surface area contributed by atoms with Crippen LogP contribution in [0.25, 0.3) is 0 Å². The Bertz CT molecular complexity index is 961. The zero-order chi connectivity index (χ0) is 25.1. The molecule has 5 aliphatic carbocycles. The minimum absolute atomic E-state index is 0.00312. The lowest BCUT2D eigenvalue weighted by atomic mass is 9.33. The van der Waals surface area contributed by atoms with Crippen molar-refractivity contribution < 1.29 is 19.8 Å². The lowest BCUT2D eigenvalue weighted by molar-refractivity contribution is -0.228. The van der Waals surface area contributed by atoms with Crippen LogP contribution < -0.4 is 0 Å². The molecule has 5 rings (SSSR count). The summed E-state index contributed by atoms with van der Waals surface area (Å²) in [5.41, 5.74) is 1.16. The Morgan fingerprint density at radius 2 is 1.56 bits per heavy atom. The van der Waals surface area contributed by atoms with Crippen LogP contribution in [0.5, 0.6) is 0 Å². The Morgan fingerprint density at radius 1 is 0.882 bits per heavy atom. The molecule has 34 heavy (non-hydrogen) atoms. The van der Waals surface area contributed by atoms with E-state index in [-0.39, 0.29) is 51.8 Å². The van der Waals surface area contributed by atoms with E-state index in [9.17, 15) is 19.8 Å². The average molecular weight is 471 g/mol. The van der Waals surface area contributed by atoms with E-state index >= 15 is 0 Å². The van der Waals surface area contributed by atoms with Gasteiger partial charge in [-0.3, -0.25) is 9.59 Å². The first-order valence-electron chi connectivity index (χ1n) is 13.9. The van der Waals surface area contributed by atoms with Gasteiger partial charge < -0.3 is 10.2 Å². The number of aliphatic hydroxyl groups is 1. The number of aliphatic carboxylic acids is 1. The molecule has 0 amide bonds. The second-order valence-electron chi connectivity index (χ2n) is 14.5. The summed E-state index contributed by atoms with van der Waals surface area (Å²) in [6.45, 7) is 16.2. The Morgan fingerprint density at radius 3 is 2.18 bits per heavy atom. The molecule has 0 spiro atoms. The van der Waals surface area contributed by atoms with Crippen LogP contribution in [-0.4, -0.2) is 28.1 Å². The summed E-state index contributed by atoms with van der Waals surface area (Å²) in [5, 5.41) is 21.3. The van der Waals surface area contributed by atoms with Crippen LogP contribution in [-0.2, 0) is 9.59 Å². The Hall–Kier alpha value is -1.16. The number of rotatable bonds is 2. The van der Waals surface area contributed by atoms with Crippen LogP contribution in [0.4, 0.5) is 0 Å². The molecule has 0 heterocycles. The van der Waals surface area contributed by atoms with Crippen LogP contribution in [0.1, 0.15) is 106 Å². The predicted octanol–water partition coefficient (Wildman–Crippen LogP) is 6.41. The van der Waals surface area contributed by atoms with Crippen LogP contribution in [0.15, 0.2) is 11.1 Å². The monoisotopic (exact) mass is 470 g/mol. The van der Waals surface area contributed by atoms with Gasteiger partial charge in [0.1, 0.15) is 0 Å². The molecule has 8 atom stereocenters. The number of hydrogen-bond acceptors (Lipinski definition) is 3. The molecule has 0 aliphatic heterocycles. The van der Waals surface area contributed by atoms with E-state index in [1.165, 1.54) is 0 Å². The van der Waals surface area contributed by atoms with Crippen molar-refractivity contribution in [1.82, 2.24) is 0 Å². The summed E-state index contributed by atoms with van der Waals surface area (Å²) in [6.07, 6.45) is 7.77. The fourth-order valence-electron chi connectivity index (χ4n) is 10.9. The topological polar surface area (TPSA) is 74.6 Å². The largest absolute Gasteiger partial charge is 0.481 e. The number of ketones is 1. The van der Waals surface area contributed by atoms with Gasteiger partial charge in [0, 0.05) is 6.42 Å². The molecule has 0 aromatic heterocycles. The average Bonchev–Trinajstić information content (AvgIpc) is 3.05. The molecule has 5 aliphatic rings. The van der Waals surface area contributed by atoms with Gasteiger partial charge in [-0.05, 0) is 108 Å². The second kappa shape index (κ2) is 7.20. The number of aliphatic hydroxyl groups excluding tert-OH is 1. The van der Waals surface area contributed by atoms with E-state index in [0.717, 1.165) is 56.1 Å². The van der Waals surface area contributed by atoms with Gasteiger partial charge in [0.2, 0.25) is 0 Å². The van der Waals surface area contributed by atoms with Gasteiger partial charge in [-0.25, -0.2) is 0 Å². The zero-order valence-electron chi connectivity index (χ0n) is 22.5. The van der Waals surface area contributed by atoms with Crippen molar-refractivity contribution in [3.05, 3.63) is 11.1 Å². The first kappa shape index (κ1) is 24.5. The third kappa shape index (κ3) is 2.70. The number of Topliss-reactive ketones (excluding diaryl/α,β-unsaturated/α-hetero) is 1. The van der Waals surface area contributed by atoms with E-state index in [1.54, 1.807) is 0 Å². The van der Waals surface area contributed by atoms with Gasteiger partial charge in [-0.15, -0.1) is 0 Å². The first-order valence-corrected chi connectivity index (χ1v) is 13.9. The highest BCUT2D eigenvalue weighted by Crippen LogP contribution is 2.76. The third-order valence-corrected chi connectivity index (χ3v) is 12.8. The minimum Gasteiger partial charge on any atom is -0.481 e. The highest BCUT2D eigenvalue weighted by molar-refractivity contribution is 6.05. The number of carbonyl (C=O) groups excluding carboxylic acids is 1. The molecule has 4 nitrogen and oxygen atoms in total. The van der Waals surface area contributed by atoms with Gasteiger partial charge in [-0.1, -0.05) is 48.5 Å². The molecule has 0 aromatic rings. The summed E-state index contributed by atoms with van der Waals surface area (Å²) in [7, 11) is 0. The lowest BCUT2D eigenvalue weighted by Crippen LogP contribution is -2.65. The van der Waals surface area contributed by atoms with Crippen molar-refractivity contribution in [1.29, 1.82) is 0 Å². The quantitative estimate of drug-likeness (QED) is 0.489. The van der Waals surface area contributed by atoms with Crippen LogP contribution in [0.3, 0.4) is 0 Å². The Labute approximate surface area is 206 Å². The van der Waals surface area contributed by atoms with Crippen molar-refractivity contribution in [2.24, 2.45) is 50.7 Å². The van der Waals surface area contributed by atoms with Gasteiger partial charge in [-0.2, -0.15) is 0 Å². The van der Waals surface area contributed by atoms with E-state index in [0.29, 0.717) is 18.3 Å². The fraction of sp³-hybridized carbons (Fsp3) is 0.867. The van der Waals surface area contributed by atoms with E-state index < -0.39 is 11.4 Å². The maximum atomic E-state index is 13.2. The Balaban J connectivity index is 1.62. The third-order valence-electron chi connectivity index (χ3n) is 12.8. The van der Waals surface area contributed by atoms with Crippen LogP contribution in [0.2, 0.25) is 0 Å². The molecule has 4 saturated carbocycles. The standard InChI is InChI=1S/C30H46O4/c1-17(2)23-19(31)16-30(25(33)34)15-14-28(6)18(24(23)30)8-9-21-27(5)12-11-22(32)26(3,4)20(27)10-13-29(21,28)7/h17-18,20-22,32H,8-16H2,1-7H3,(H,33,34)/t18?,20?,21?,22-,27-,28+,29+,30+/m0/s1. The summed E-state index contributed by atoms with van der Waals surface area (Å²) in [6, 6.07) is 0. The number of carboxylic acids is 1. The molecule has 3 unspecified atom stereocenters. The van der Waals surface area contributed by atoms with Crippen molar-refractivity contribution in [3.63, 3.8) is 0 Å². The molecular weight excluding hydrogens is 424 g/mol. The van der Waals surface area contributed by atoms with E-state index in [4.69, 9.17) is 0 Å². The van der Waals surface area contributed by atoms with Gasteiger partial charge >= 0.3 is 5.97 Å². The normalized spacial score (nSPS) is 49.9. The smallest absolute Gasteiger partial charge is 0.314 e. The molecule has 0 bridgehead atoms. The predicted molar refractivity (Wildman–Crippen MR) is 133 cm³/mol. The number of carboxylic acid groups (broad SMARTS) is 1. The number of allylic oxidation sites excluding steroid dienone is 1. The maximum Gasteiger partial charge on any atom is 0.314 e. The summed E-state index contributed by atoms with van der Waals surface area (Å²) in [4.78, 5) is 26.0. The molecule has 0 saturated heterocycles. The molecule has 2 N–H and O–H groups in total. The lowest BCUT2D eigenvalue weighted by Gasteiger charge is -2.71. The van der Waals surface area contributed by atoms with Crippen LogP contribution in [0, 0.1) is 50.7 Å². The first-order chi connectivity index (χ1) is 15.7. The second-order valence-corrected chi connectivity index (χ2v) is 14.5. The molecular formula is C30H46O4. The van der Waals surface area contributed by atoms with Crippen molar-refractivity contribution in [2.75, 3.05) is 0 Å². The summed E-state index contributed by atoms with van der Waals surface area (Å²) >= 11 is 0. The van der Waals surface area contributed by atoms with Gasteiger partial charge in [0.25, 0.3) is 0 Å². The maximum absolute atomic E-state index is 13.2. The van der Waals surface area contributed by atoms with E-state index in [2.05, 4.69) is 48.5 Å². The van der Waals surface area contributed by atoms with Gasteiger partial charge in [0.05, 0.1) is 11.5 Å². The van der Waals surface area contributed by atoms with Crippen molar-refractivity contribution in [2.45, 2.75) is 112 Å². The summed E-state index contributed by atoms with van der Waals surface area (Å²) < 4.78 is 0. The van der Waals surface area contributed by atoms with Crippen molar-refractivity contribution >= 4 is 11.8 Å². The fourth-order valence-corrected chi connectivity index (χ4v) is 10.9. The zero-order valence-corrected chi connectivity index (χ0v) is 22.5. The van der Waals surface area contributed by atoms with Crippen molar-refractivity contribution in [3.8, 4) is 0 Å². The van der Waals surface area contributed by atoms with E-state index in [1.807, 2.05) is 0 Å².